The number of hydrogen-bond donors (Lipinski definition) is 2. The average molecular weight is 265 g/mol. The minimum absolute atomic E-state index is 0.0644. The summed E-state index contributed by atoms with van der Waals surface area (Å²) in [7, 11) is 0. The summed E-state index contributed by atoms with van der Waals surface area (Å²) >= 11 is 0. The summed E-state index contributed by atoms with van der Waals surface area (Å²) in [4.78, 5) is 12.5. The minimum atomic E-state index is -0.265. The first-order valence-electron chi connectivity index (χ1n) is 6.88. The van der Waals surface area contributed by atoms with Crippen LogP contribution in [0.4, 0.5) is 0 Å². The Kier molecular flexibility index (Phi) is 3.94. The Morgan fingerprint density at radius 2 is 2.05 bits per heavy atom. The first-order chi connectivity index (χ1) is 8.94. The van der Waals surface area contributed by atoms with E-state index in [0.717, 1.165) is 42.9 Å². The second-order valence-corrected chi connectivity index (χ2v) is 5.74. The Hall–Kier alpha value is -1.36. The lowest BCUT2D eigenvalue weighted by molar-refractivity contribution is -0.132. The van der Waals surface area contributed by atoms with Crippen molar-refractivity contribution in [3.05, 3.63) is 17.0 Å². The summed E-state index contributed by atoms with van der Waals surface area (Å²) in [5.41, 5.74) is 1.57. The predicted molar refractivity (Wildman–Crippen MR) is 72.7 cm³/mol. The zero-order chi connectivity index (χ0) is 14.0. The lowest BCUT2D eigenvalue weighted by atomic mass is 9.80. The van der Waals surface area contributed by atoms with E-state index >= 15 is 0 Å². The molecule has 1 aromatic heterocycles. The third-order valence-electron chi connectivity index (χ3n) is 4.12. The molecule has 1 unspecified atom stereocenters. The standard InChI is InChI=1S/C14H23N3O2/c1-9(12-10(2)17-19-11(12)3)16-13(18)14(4)5-7-15-8-6-14/h9,15H,5-8H2,1-4H3,(H,16,18). The number of carbonyl (C=O) groups excluding carboxylic acids is 1. The normalized spacial score (nSPS) is 20.0. The predicted octanol–water partition coefficient (Wildman–Crippen LogP) is 1.86. The molecule has 2 rings (SSSR count). The van der Waals surface area contributed by atoms with Crippen LogP contribution in [0.2, 0.25) is 0 Å². The molecule has 106 valence electrons. The van der Waals surface area contributed by atoms with Gasteiger partial charge in [0.2, 0.25) is 5.91 Å². The molecule has 1 amide bonds. The van der Waals surface area contributed by atoms with E-state index in [0.29, 0.717) is 0 Å². The highest BCUT2D eigenvalue weighted by Gasteiger charge is 2.35. The molecule has 5 heteroatoms. The Labute approximate surface area is 114 Å². The molecule has 0 saturated carbocycles. The topological polar surface area (TPSA) is 67.2 Å². The number of carbonyl (C=O) groups is 1. The van der Waals surface area contributed by atoms with Crippen molar-refractivity contribution in [3.8, 4) is 0 Å². The fraction of sp³-hybridized carbons (Fsp3) is 0.714. The van der Waals surface area contributed by atoms with Crippen LogP contribution in [0.15, 0.2) is 4.52 Å². The smallest absolute Gasteiger partial charge is 0.226 e. The van der Waals surface area contributed by atoms with Crippen molar-refractivity contribution >= 4 is 5.91 Å². The Bertz CT molecular complexity index is 442. The first kappa shape index (κ1) is 14.1. The number of piperidine rings is 1. The van der Waals surface area contributed by atoms with Crippen molar-refractivity contribution < 1.29 is 9.32 Å². The monoisotopic (exact) mass is 265 g/mol. The largest absolute Gasteiger partial charge is 0.361 e. The van der Waals surface area contributed by atoms with E-state index in [-0.39, 0.29) is 17.4 Å². The van der Waals surface area contributed by atoms with E-state index < -0.39 is 0 Å². The molecular formula is C14H23N3O2. The van der Waals surface area contributed by atoms with Crippen LogP contribution in [0.25, 0.3) is 0 Å². The average Bonchev–Trinajstić information content (AvgIpc) is 2.70. The van der Waals surface area contributed by atoms with E-state index in [1.54, 1.807) is 0 Å². The molecule has 1 saturated heterocycles. The number of nitrogens with zero attached hydrogens (tertiary/aromatic N) is 1. The maximum Gasteiger partial charge on any atom is 0.226 e. The van der Waals surface area contributed by atoms with Crippen molar-refractivity contribution in [3.63, 3.8) is 0 Å². The van der Waals surface area contributed by atoms with Gasteiger partial charge >= 0.3 is 0 Å². The molecule has 2 N–H and O–H groups in total. The van der Waals surface area contributed by atoms with Crippen molar-refractivity contribution in [2.75, 3.05) is 13.1 Å². The molecule has 1 aromatic rings. The van der Waals surface area contributed by atoms with Gasteiger partial charge in [-0.2, -0.15) is 0 Å². The van der Waals surface area contributed by atoms with Gasteiger partial charge in [0.15, 0.2) is 0 Å². The van der Waals surface area contributed by atoms with Crippen molar-refractivity contribution in [1.82, 2.24) is 15.8 Å². The number of aryl methyl sites for hydroxylation is 2. The van der Waals surface area contributed by atoms with Crippen LogP contribution in [0.3, 0.4) is 0 Å². The number of aromatic nitrogens is 1. The maximum absolute atomic E-state index is 12.5. The van der Waals surface area contributed by atoms with E-state index in [1.807, 2.05) is 27.7 Å². The van der Waals surface area contributed by atoms with Gasteiger partial charge in [0, 0.05) is 11.0 Å². The Morgan fingerprint density at radius 3 is 2.58 bits per heavy atom. The Balaban J connectivity index is 2.06. The molecule has 2 heterocycles. The SMILES string of the molecule is Cc1noc(C)c1C(C)NC(=O)C1(C)CCNCC1. The molecular weight excluding hydrogens is 242 g/mol. The molecule has 19 heavy (non-hydrogen) atoms. The minimum Gasteiger partial charge on any atom is -0.361 e. The zero-order valence-corrected chi connectivity index (χ0v) is 12.2. The van der Waals surface area contributed by atoms with Gasteiger partial charge in [0.05, 0.1) is 11.7 Å². The highest BCUT2D eigenvalue weighted by Crippen LogP contribution is 2.30. The second-order valence-electron chi connectivity index (χ2n) is 5.74. The summed E-state index contributed by atoms with van der Waals surface area (Å²) in [6.45, 7) is 9.62. The third-order valence-corrected chi connectivity index (χ3v) is 4.12. The van der Waals surface area contributed by atoms with Gasteiger partial charge in [-0.3, -0.25) is 4.79 Å². The molecule has 0 radical (unpaired) electrons. The van der Waals surface area contributed by atoms with Crippen molar-refractivity contribution in [2.45, 2.75) is 46.6 Å². The van der Waals surface area contributed by atoms with E-state index in [2.05, 4.69) is 15.8 Å². The molecule has 1 aliphatic rings. The van der Waals surface area contributed by atoms with Crippen LogP contribution in [0.5, 0.6) is 0 Å². The number of amides is 1. The van der Waals surface area contributed by atoms with Crippen LogP contribution in [-0.4, -0.2) is 24.2 Å². The van der Waals surface area contributed by atoms with Gasteiger partial charge in [-0.15, -0.1) is 0 Å². The van der Waals surface area contributed by atoms with Crippen LogP contribution in [-0.2, 0) is 4.79 Å². The van der Waals surface area contributed by atoms with Crippen LogP contribution >= 0.6 is 0 Å². The van der Waals surface area contributed by atoms with Crippen LogP contribution < -0.4 is 10.6 Å². The molecule has 1 aliphatic heterocycles. The van der Waals surface area contributed by atoms with Crippen LogP contribution in [0, 0.1) is 19.3 Å². The number of rotatable bonds is 3. The van der Waals surface area contributed by atoms with Gasteiger partial charge < -0.3 is 15.2 Å². The fourth-order valence-corrected chi connectivity index (χ4v) is 2.76. The maximum atomic E-state index is 12.5. The zero-order valence-electron chi connectivity index (χ0n) is 12.2. The quantitative estimate of drug-likeness (QED) is 0.875. The lowest BCUT2D eigenvalue weighted by Crippen LogP contribution is -2.46. The fourth-order valence-electron chi connectivity index (χ4n) is 2.76. The summed E-state index contributed by atoms with van der Waals surface area (Å²) in [5, 5.41) is 10.3. The second kappa shape index (κ2) is 5.33. The van der Waals surface area contributed by atoms with Gasteiger partial charge in [-0.1, -0.05) is 12.1 Å². The van der Waals surface area contributed by atoms with Gasteiger partial charge in [0.1, 0.15) is 5.76 Å². The highest BCUT2D eigenvalue weighted by atomic mass is 16.5. The third kappa shape index (κ3) is 2.81. The molecule has 0 bridgehead atoms. The number of hydrogen-bond acceptors (Lipinski definition) is 4. The molecule has 0 aromatic carbocycles. The van der Waals surface area contributed by atoms with Crippen molar-refractivity contribution in [1.29, 1.82) is 0 Å². The van der Waals surface area contributed by atoms with E-state index in [1.165, 1.54) is 0 Å². The van der Waals surface area contributed by atoms with Gasteiger partial charge in [0.25, 0.3) is 0 Å². The number of nitrogens with one attached hydrogen (secondary N) is 2. The summed E-state index contributed by atoms with van der Waals surface area (Å²) < 4.78 is 5.16. The summed E-state index contributed by atoms with van der Waals surface area (Å²) in [5.74, 6) is 0.905. The molecule has 1 fully saturated rings. The van der Waals surface area contributed by atoms with Gasteiger partial charge in [-0.25, -0.2) is 0 Å². The van der Waals surface area contributed by atoms with Gasteiger partial charge in [-0.05, 0) is 46.7 Å². The first-order valence-corrected chi connectivity index (χ1v) is 6.88. The van der Waals surface area contributed by atoms with Crippen molar-refractivity contribution in [2.24, 2.45) is 5.41 Å². The van der Waals surface area contributed by atoms with E-state index in [4.69, 9.17) is 4.52 Å². The summed E-state index contributed by atoms with van der Waals surface area (Å²) in [6, 6.07) is -0.0644. The molecule has 0 spiro atoms. The van der Waals surface area contributed by atoms with E-state index in [9.17, 15) is 4.79 Å². The summed E-state index contributed by atoms with van der Waals surface area (Å²) in [6.07, 6.45) is 1.76. The highest BCUT2D eigenvalue weighted by molar-refractivity contribution is 5.82. The van der Waals surface area contributed by atoms with Crippen LogP contribution in [0.1, 0.15) is 49.7 Å². The molecule has 1 atom stereocenters. The molecule has 0 aliphatic carbocycles. The Morgan fingerprint density at radius 1 is 1.42 bits per heavy atom. The lowest BCUT2D eigenvalue weighted by Gasteiger charge is -2.33. The molecule has 5 nitrogen and oxygen atoms in total.